The monoisotopic (exact) mass is 392 g/mol. The van der Waals surface area contributed by atoms with Gasteiger partial charge in [-0.25, -0.2) is 4.39 Å². The lowest BCUT2D eigenvalue weighted by Crippen LogP contribution is -2.50. The van der Waals surface area contributed by atoms with Gasteiger partial charge in [0.25, 0.3) is 0 Å². The summed E-state index contributed by atoms with van der Waals surface area (Å²) >= 11 is 0. The van der Waals surface area contributed by atoms with Crippen molar-refractivity contribution < 1.29 is 13.9 Å². The van der Waals surface area contributed by atoms with E-state index in [4.69, 9.17) is 9.73 Å². The molecule has 1 atom stereocenters. The fourth-order valence-electron chi connectivity index (χ4n) is 3.93. The van der Waals surface area contributed by atoms with Crippen LogP contribution in [0.2, 0.25) is 0 Å². The fourth-order valence-corrected chi connectivity index (χ4v) is 3.93. The second-order valence-corrected chi connectivity index (χ2v) is 7.62. The Hall–Kier alpha value is -2.95. The summed E-state index contributed by atoms with van der Waals surface area (Å²) in [5, 5.41) is 0. The fraction of sp³-hybridized carbons (Fsp3) is 0.333. The highest BCUT2D eigenvalue weighted by Gasteiger charge is 2.41. The predicted octanol–water partition coefficient (Wildman–Crippen LogP) is 4.65. The van der Waals surface area contributed by atoms with E-state index in [2.05, 4.69) is 12.1 Å². The Labute approximate surface area is 170 Å². The van der Waals surface area contributed by atoms with Gasteiger partial charge >= 0.3 is 0 Å². The molecule has 1 amide bonds. The zero-order valence-electron chi connectivity index (χ0n) is 16.4. The van der Waals surface area contributed by atoms with Crippen molar-refractivity contribution in [1.29, 1.82) is 0 Å². The number of likely N-dealkylation sites (tertiary alicyclic amines) is 1. The van der Waals surface area contributed by atoms with Crippen molar-refractivity contribution >= 4 is 12.1 Å². The van der Waals surface area contributed by atoms with E-state index in [9.17, 15) is 9.18 Å². The van der Waals surface area contributed by atoms with Gasteiger partial charge in [-0.2, -0.15) is 0 Å². The Morgan fingerprint density at radius 3 is 2.59 bits per heavy atom. The minimum Gasteiger partial charge on any atom is -0.487 e. The maximum Gasteiger partial charge on any atom is 0.224 e. The number of hydrogen-bond acceptors (Lipinski definition) is 3. The topological polar surface area (TPSA) is 41.9 Å². The average molecular weight is 392 g/mol. The lowest BCUT2D eigenvalue weighted by atomic mass is 9.97. The Morgan fingerprint density at radius 1 is 1.00 bits per heavy atom. The van der Waals surface area contributed by atoms with Crippen LogP contribution in [0.1, 0.15) is 36.8 Å². The van der Waals surface area contributed by atoms with E-state index in [1.807, 2.05) is 29.2 Å². The van der Waals surface area contributed by atoms with E-state index in [1.54, 1.807) is 18.3 Å². The molecule has 1 fully saturated rings. The molecule has 29 heavy (non-hydrogen) atoms. The third kappa shape index (κ3) is 4.56. The number of allylic oxidation sites excluding steroid dienone is 1. The number of aliphatic imine (C=N–C) groups is 1. The largest absolute Gasteiger partial charge is 0.487 e. The van der Waals surface area contributed by atoms with Crippen molar-refractivity contribution in [3.8, 4) is 0 Å². The summed E-state index contributed by atoms with van der Waals surface area (Å²) < 4.78 is 19.0. The number of nitrogens with zero attached hydrogens (tertiary/aromatic N) is 2. The first-order valence-electron chi connectivity index (χ1n) is 10.1. The van der Waals surface area contributed by atoms with Crippen LogP contribution in [0.25, 0.3) is 0 Å². The smallest absolute Gasteiger partial charge is 0.224 e. The molecule has 2 aromatic rings. The molecule has 4 nitrogen and oxygen atoms in total. The first-order chi connectivity index (χ1) is 14.1. The average Bonchev–Trinajstić information content (AvgIpc) is 3.01. The lowest BCUT2D eigenvalue weighted by Gasteiger charge is -2.37. The van der Waals surface area contributed by atoms with Crippen LogP contribution >= 0.6 is 0 Å². The van der Waals surface area contributed by atoms with Crippen molar-refractivity contribution in [3.63, 3.8) is 0 Å². The third-order valence-corrected chi connectivity index (χ3v) is 5.46. The molecule has 0 aliphatic carbocycles. The van der Waals surface area contributed by atoms with Crippen LogP contribution in [0.5, 0.6) is 0 Å². The maximum atomic E-state index is 13.1. The van der Waals surface area contributed by atoms with Crippen LogP contribution in [-0.2, 0) is 22.6 Å². The van der Waals surface area contributed by atoms with Gasteiger partial charge in [-0.05, 0) is 36.1 Å². The number of carbonyl (C=O) groups is 1. The van der Waals surface area contributed by atoms with Crippen LogP contribution < -0.4 is 0 Å². The molecule has 0 spiro atoms. The van der Waals surface area contributed by atoms with Crippen LogP contribution in [0, 0.1) is 5.82 Å². The van der Waals surface area contributed by atoms with E-state index in [0.29, 0.717) is 31.8 Å². The van der Waals surface area contributed by atoms with Gasteiger partial charge in [-0.3, -0.25) is 9.79 Å². The molecule has 0 N–H and O–H groups in total. The van der Waals surface area contributed by atoms with E-state index in [0.717, 1.165) is 30.4 Å². The minimum absolute atomic E-state index is 0.145. The molecule has 2 aromatic carbocycles. The van der Waals surface area contributed by atoms with Crippen LogP contribution in [0.3, 0.4) is 0 Å². The highest BCUT2D eigenvalue weighted by Crippen LogP contribution is 2.33. The molecular formula is C24H25FN2O2. The van der Waals surface area contributed by atoms with Crippen molar-refractivity contribution in [2.45, 2.75) is 44.4 Å². The summed E-state index contributed by atoms with van der Waals surface area (Å²) in [4.78, 5) is 19.6. The molecule has 0 saturated carbocycles. The van der Waals surface area contributed by atoms with Crippen LogP contribution in [0.4, 0.5) is 4.39 Å². The number of benzene rings is 2. The highest BCUT2D eigenvalue weighted by atomic mass is 19.1. The van der Waals surface area contributed by atoms with Gasteiger partial charge in [0.1, 0.15) is 18.2 Å². The van der Waals surface area contributed by atoms with Gasteiger partial charge in [0.2, 0.25) is 5.91 Å². The zero-order chi connectivity index (χ0) is 20.1. The van der Waals surface area contributed by atoms with Crippen molar-refractivity contribution in [2.75, 3.05) is 6.54 Å². The number of carbonyl (C=O) groups excluding carboxylic acids is 1. The number of rotatable bonds is 6. The molecule has 150 valence electrons. The van der Waals surface area contributed by atoms with Crippen LogP contribution in [-0.4, -0.2) is 29.2 Å². The number of ether oxygens (including phenoxy) is 1. The Morgan fingerprint density at radius 2 is 1.79 bits per heavy atom. The third-order valence-electron chi connectivity index (χ3n) is 5.46. The molecule has 0 aromatic heterocycles. The SMILES string of the molecule is O=C1CCCCCN1C1(Cc2ccccc2)C=C(OCc2ccc(F)cc2)C=N1. The first-order valence-corrected chi connectivity index (χ1v) is 10.1. The van der Waals surface area contributed by atoms with Gasteiger partial charge in [0, 0.05) is 25.5 Å². The summed E-state index contributed by atoms with van der Waals surface area (Å²) in [6.07, 6.45) is 7.82. The summed E-state index contributed by atoms with van der Waals surface area (Å²) in [5.41, 5.74) is 1.26. The maximum absolute atomic E-state index is 13.1. The van der Waals surface area contributed by atoms with E-state index in [-0.39, 0.29) is 11.7 Å². The minimum atomic E-state index is -0.749. The summed E-state index contributed by atoms with van der Waals surface area (Å²) in [6, 6.07) is 16.4. The molecule has 4 rings (SSSR count). The summed E-state index contributed by atoms with van der Waals surface area (Å²) in [7, 11) is 0. The number of hydrogen-bond donors (Lipinski definition) is 0. The second-order valence-electron chi connectivity index (χ2n) is 7.62. The normalized spacial score (nSPS) is 21.8. The predicted molar refractivity (Wildman–Crippen MR) is 111 cm³/mol. The Balaban J connectivity index is 1.57. The van der Waals surface area contributed by atoms with Crippen molar-refractivity contribution in [2.24, 2.45) is 4.99 Å². The molecule has 1 saturated heterocycles. The summed E-state index contributed by atoms with van der Waals surface area (Å²) in [5.74, 6) is 0.519. The molecule has 5 heteroatoms. The molecule has 2 aliphatic rings. The van der Waals surface area contributed by atoms with E-state index in [1.165, 1.54) is 12.1 Å². The standard InChI is InChI=1S/C24H25FN2O2/c25-21-12-10-20(11-13-21)18-29-22-16-24(26-17-22,15-19-7-3-1-4-8-19)27-14-6-2-5-9-23(27)28/h1,3-4,7-8,10-13,16-17H,2,5-6,9,14-15,18H2. The van der Waals surface area contributed by atoms with Gasteiger partial charge in [-0.15, -0.1) is 0 Å². The first kappa shape index (κ1) is 19.4. The second kappa shape index (κ2) is 8.60. The zero-order valence-corrected chi connectivity index (χ0v) is 16.4. The van der Waals surface area contributed by atoms with E-state index >= 15 is 0 Å². The number of amides is 1. The van der Waals surface area contributed by atoms with Gasteiger partial charge < -0.3 is 9.64 Å². The van der Waals surface area contributed by atoms with E-state index < -0.39 is 5.66 Å². The molecule has 0 radical (unpaired) electrons. The van der Waals surface area contributed by atoms with Crippen molar-refractivity contribution in [3.05, 3.63) is 83.4 Å². The molecular weight excluding hydrogens is 367 g/mol. The Bertz CT molecular complexity index is 908. The van der Waals surface area contributed by atoms with Gasteiger partial charge in [0.15, 0.2) is 5.66 Å². The summed E-state index contributed by atoms with van der Waals surface area (Å²) in [6.45, 7) is 1.03. The van der Waals surface area contributed by atoms with Crippen molar-refractivity contribution in [1.82, 2.24) is 4.90 Å². The lowest BCUT2D eigenvalue weighted by molar-refractivity contribution is -0.135. The number of halogens is 1. The molecule has 2 aliphatic heterocycles. The highest BCUT2D eigenvalue weighted by molar-refractivity contribution is 5.83. The van der Waals surface area contributed by atoms with Gasteiger partial charge in [0.05, 0.1) is 6.21 Å². The molecule has 0 bridgehead atoms. The molecule has 2 heterocycles. The quantitative estimate of drug-likeness (QED) is 0.718. The van der Waals surface area contributed by atoms with Gasteiger partial charge in [-0.1, -0.05) is 48.9 Å². The molecule has 1 unspecified atom stereocenters. The Kier molecular flexibility index (Phi) is 5.74. The van der Waals surface area contributed by atoms with Crippen LogP contribution in [0.15, 0.2) is 71.4 Å².